The normalized spacial score (nSPS) is 19.1. The summed E-state index contributed by atoms with van der Waals surface area (Å²) in [5.74, 6) is 0.377. The van der Waals surface area contributed by atoms with Crippen LogP contribution < -0.4 is 0 Å². The SMILES string of the molecule is CN(C)CCN1CCN(CCC(=O)C(C)(C)C)CC1. The Balaban J connectivity index is 2.18. The number of Topliss-reactive ketones (excluding diaryl/α,β-unsaturated/α-hetero) is 1. The lowest BCUT2D eigenvalue weighted by Gasteiger charge is -2.35. The Hall–Kier alpha value is -0.450. The number of likely N-dealkylation sites (N-methyl/N-ethyl adjacent to an activating group) is 1. The van der Waals surface area contributed by atoms with Crippen molar-refractivity contribution < 1.29 is 4.79 Å². The van der Waals surface area contributed by atoms with Gasteiger partial charge in [0.05, 0.1) is 0 Å². The van der Waals surface area contributed by atoms with Crippen molar-refractivity contribution in [3.63, 3.8) is 0 Å². The van der Waals surface area contributed by atoms with Crippen LogP contribution in [0.5, 0.6) is 0 Å². The van der Waals surface area contributed by atoms with Crippen molar-refractivity contribution in [3.05, 3.63) is 0 Å². The molecule has 0 radical (unpaired) electrons. The first kappa shape index (κ1) is 16.6. The van der Waals surface area contributed by atoms with E-state index in [-0.39, 0.29) is 5.41 Å². The molecule has 1 fully saturated rings. The highest BCUT2D eigenvalue weighted by Crippen LogP contribution is 2.17. The molecule has 0 aromatic rings. The fraction of sp³-hybridized carbons (Fsp3) is 0.933. The largest absolute Gasteiger partial charge is 0.308 e. The van der Waals surface area contributed by atoms with Crippen LogP contribution in [0.3, 0.4) is 0 Å². The Bertz CT molecular complexity index is 276. The van der Waals surface area contributed by atoms with Crippen LogP contribution in [0.15, 0.2) is 0 Å². The molecular weight excluding hydrogens is 238 g/mol. The smallest absolute Gasteiger partial charge is 0.139 e. The minimum atomic E-state index is -0.187. The molecule has 0 aromatic carbocycles. The van der Waals surface area contributed by atoms with E-state index < -0.39 is 0 Å². The molecule has 0 aliphatic carbocycles. The molecule has 0 amide bonds. The fourth-order valence-corrected chi connectivity index (χ4v) is 2.21. The summed E-state index contributed by atoms with van der Waals surface area (Å²) in [7, 11) is 4.24. The molecule has 19 heavy (non-hydrogen) atoms. The average molecular weight is 269 g/mol. The predicted octanol–water partition coefficient (Wildman–Crippen LogP) is 1.17. The van der Waals surface area contributed by atoms with E-state index >= 15 is 0 Å². The van der Waals surface area contributed by atoms with Crippen LogP contribution >= 0.6 is 0 Å². The summed E-state index contributed by atoms with van der Waals surface area (Å²) in [6, 6.07) is 0. The number of carbonyl (C=O) groups is 1. The zero-order chi connectivity index (χ0) is 14.5. The zero-order valence-electron chi connectivity index (χ0n) is 13.4. The molecule has 0 N–H and O–H groups in total. The van der Waals surface area contributed by atoms with Gasteiger partial charge in [-0.15, -0.1) is 0 Å². The van der Waals surface area contributed by atoms with Crippen molar-refractivity contribution in [1.29, 1.82) is 0 Å². The monoisotopic (exact) mass is 269 g/mol. The van der Waals surface area contributed by atoms with E-state index in [0.717, 1.165) is 45.8 Å². The molecule has 0 unspecified atom stereocenters. The van der Waals surface area contributed by atoms with Crippen molar-refractivity contribution in [2.24, 2.45) is 5.41 Å². The van der Waals surface area contributed by atoms with E-state index in [1.54, 1.807) is 0 Å². The number of ketones is 1. The summed E-state index contributed by atoms with van der Waals surface area (Å²) in [5, 5.41) is 0. The average Bonchev–Trinajstić information content (AvgIpc) is 2.33. The molecule has 0 bridgehead atoms. The number of hydrogen-bond donors (Lipinski definition) is 0. The van der Waals surface area contributed by atoms with Crippen molar-refractivity contribution in [1.82, 2.24) is 14.7 Å². The Labute approximate surface area is 118 Å². The van der Waals surface area contributed by atoms with Gasteiger partial charge in [0.2, 0.25) is 0 Å². The third-order valence-corrected chi connectivity index (χ3v) is 3.82. The molecule has 0 spiro atoms. The highest BCUT2D eigenvalue weighted by molar-refractivity contribution is 5.83. The maximum Gasteiger partial charge on any atom is 0.139 e. The number of rotatable bonds is 6. The lowest BCUT2D eigenvalue weighted by atomic mass is 9.89. The van der Waals surface area contributed by atoms with Gasteiger partial charge < -0.3 is 9.80 Å². The molecule has 0 saturated carbocycles. The lowest BCUT2D eigenvalue weighted by Crippen LogP contribution is -2.48. The van der Waals surface area contributed by atoms with Crippen LogP contribution in [0.1, 0.15) is 27.2 Å². The third kappa shape index (κ3) is 6.50. The number of piperazine rings is 1. The topological polar surface area (TPSA) is 26.8 Å². The van der Waals surface area contributed by atoms with E-state index in [4.69, 9.17) is 0 Å². The molecule has 1 heterocycles. The molecule has 1 rings (SSSR count). The number of hydrogen-bond acceptors (Lipinski definition) is 4. The molecule has 1 aliphatic heterocycles. The van der Waals surface area contributed by atoms with Crippen molar-refractivity contribution >= 4 is 5.78 Å². The second-order valence-electron chi connectivity index (χ2n) is 6.91. The molecule has 0 atom stereocenters. The standard InChI is InChI=1S/C15H31N3O/c1-15(2,3)14(19)6-7-17-10-12-18(13-11-17)9-8-16(4)5/h6-13H2,1-5H3. The van der Waals surface area contributed by atoms with E-state index in [1.165, 1.54) is 0 Å². The van der Waals surface area contributed by atoms with E-state index in [9.17, 15) is 4.79 Å². The molecule has 112 valence electrons. The van der Waals surface area contributed by atoms with Gasteiger partial charge in [-0.05, 0) is 14.1 Å². The minimum absolute atomic E-state index is 0.187. The molecule has 1 aliphatic rings. The summed E-state index contributed by atoms with van der Waals surface area (Å²) in [5.41, 5.74) is -0.187. The van der Waals surface area contributed by atoms with Gasteiger partial charge in [0, 0.05) is 57.6 Å². The molecule has 1 saturated heterocycles. The summed E-state index contributed by atoms with van der Waals surface area (Å²) in [6.45, 7) is 13.7. The fourth-order valence-electron chi connectivity index (χ4n) is 2.21. The van der Waals surface area contributed by atoms with E-state index in [1.807, 2.05) is 20.8 Å². The van der Waals surface area contributed by atoms with Crippen LogP contribution in [0.2, 0.25) is 0 Å². The van der Waals surface area contributed by atoms with Gasteiger partial charge in [-0.1, -0.05) is 20.8 Å². The van der Waals surface area contributed by atoms with Gasteiger partial charge in [-0.2, -0.15) is 0 Å². The first-order chi connectivity index (χ1) is 8.79. The third-order valence-electron chi connectivity index (χ3n) is 3.82. The lowest BCUT2D eigenvalue weighted by molar-refractivity contribution is -0.126. The van der Waals surface area contributed by atoms with Gasteiger partial charge in [0.15, 0.2) is 0 Å². The van der Waals surface area contributed by atoms with Crippen LogP contribution in [0.4, 0.5) is 0 Å². The van der Waals surface area contributed by atoms with Gasteiger partial charge in [-0.25, -0.2) is 0 Å². The summed E-state index contributed by atoms with van der Waals surface area (Å²) >= 11 is 0. The predicted molar refractivity (Wildman–Crippen MR) is 80.5 cm³/mol. The van der Waals surface area contributed by atoms with E-state index in [2.05, 4.69) is 28.8 Å². The molecule has 0 aromatic heterocycles. The zero-order valence-corrected chi connectivity index (χ0v) is 13.4. The van der Waals surface area contributed by atoms with Crippen molar-refractivity contribution in [3.8, 4) is 0 Å². The summed E-state index contributed by atoms with van der Waals surface area (Å²) in [6.07, 6.45) is 0.696. The van der Waals surface area contributed by atoms with Gasteiger partial charge in [0.25, 0.3) is 0 Å². The summed E-state index contributed by atoms with van der Waals surface area (Å²) < 4.78 is 0. The molecule has 4 heteroatoms. The van der Waals surface area contributed by atoms with E-state index in [0.29, 0.717) is 12.2 Å². The second-order valence-corrected chi connectivity index (χ2v) is 6.91. The van der Waals surface area contributed by atoms with Gasteiger partial charge >= 0.3 is 0 Å². The Morgan fingerprint density at radius 1 is 1.00 bits per heavy atom. The van der Waals surface area contributed by atoms with Crippen LogP contribution in [0.25, 0.3) is 0 Å². The minimum Gasteiger partial charge on any atom is -0.308 e. The van der Waals surface area contributed by atoms with Gasteiger partial charge in [-0.3, -0.25) is 9.69 Å². The maximum absolute atomic E-state index is 11.9. The summed E-state index contributed by atoms with van der Waals surface area (Å²) in [4.78, 5) is 19.1. The molecule has 4 nitrogen and oxygen atoms in total. The Kier molecular flexibility index (Phi) is 6.43. The first-order valence-corrected chi connectivity index (χ1v) is 7.42. The second kappa shape index (κ2) is 7.36. The highest BCUT2D eigenvalue weighted by atomic mass is 16.1. The number of carbonyl (C=O) groups excluding carboxylic acids is 1. The first-order valence-electron chi connectivity index (χ1n) is 7.42. The van der Waals surface area contributed by atoms with Crippen LogP contribution in [-0.4, -0.2) is 80.4 Å². The Morgan fingerprint density at radius 3 is 1.89 bits per heavy atom. The highest BCUT2D eigenvalue weighted by Gasteiger charge is 2.23. The molecular formula is C15H31N3O. The van der Waals surface area contributed by atoms with Crippen LogP contribution in [0, 0.1) is 5.41 Å². The van der Waals surface area contributed by atoms with Crippen LogP contribution in [-0.2, 0) is 4.79 Å². The van der Waals surface area contributed by atoms with Crippen molar-refractivity contribution in [2.75, 3.05) is 59.9 Å². The van der Waals surface area contributed by atoms with Crippen molar-refractivity contribution in [2.45, 2.75) is 27.2 Å². The number of nitrogens with zero attached hydrogens (tertiary/aromatic N) is 3. The quantitative estimate of drug-likeness (QED) is 0.723. The Morgan fingerprint density at radius 2 is 1.47 bits per heavy atom. The van der Waals surface area contributed by atoms with Gasteiger partial charge in [0.1, 0.15) is 5.78 Å². The maximum atomic E-state index is 11.9.